The van der Waals surface area contributed by atoms with E-state index in [9.17, 15) is 4.39 Å². The van der Waals surface area contributed by atoms with E-state index in [1.807, 2.05) is 39.0 Å². The summed E-state index contributed by atoms with van der Waals surface area (Å²) >= 11 is 3.40. The molecule has 1 rings (SSSR count). The van der Waals surface area contributed by atoms with Crippen LogP contribution in [0.5, 0.6) is 5.75 Å². The van der Waals surface area contributed by atoms with Crippen LogP contribution >= 0.6 is 15.9 Å². The topological polar surface area (TPSA) is 35.2 Å². The van der Waals surface area contributed by atoms with Gasteiger partial charge in [0, 0.05) is 17.4 Å². The first-order valence-corrected chi connectivity index (χ1v) is 6.74. The highest BCUT2D eigenvalue weighted by atomic mass is 79.9. The Hall–Kier alpha value is -0.610. The van der Waals surface area contributed by atoms with Crippen LogP contribution < -0.4 is 10.5 Å². The third kappa shape index (κ3) is 3.23. The fourth-order valence-corrected chi connectivity index (χ4v) is 2.24. The van der Waals surface area contributed by atoms with Crippen molar-refractivity contribution in [2.75, 3.05) is 13.7 Å². The molecule has 1 aromatic rings. The summed E-state index contributed by atoms with van der Waals surface area (Å²) in [6.07, 6.45) is 0.246. The summed E-state index contributed by atoms with van der Waals surface area (Å²) in [7, 11) is 1.59. The molecule has 0 aliphatic carbocycles. The van der Waals surface area contributed by atoms with E-state index in [1.165, 1.54) is 0 Å². The largest absolute Gasteiger partial charge is 0.496 e. The minimum absolute atomic E-state index is 0.00777. The standard InChI is InChI=1S/C14H21BrFNO/c1-13(2,3)14(16,9-17)8-10-7-11(15)5-6-12(10)18-4/h5-7H,8-9,17H2,1-4H3. The van der Waals surface area contributed by atoms with E-state index >= 15 is 0 Å². The number of rotatable bonds is 4. The van der Waals surface area contributed by atoms with Gasteiger partial charge in [-0.3, -0.25) is 0 Å². The maximum atomic E-state index is 15.0. The first-order chi connectivity index (χ1) is 8.23. The van der Waals surface area contributed by atoms with E-state index in [1.54, 1.807) is 7.11 Å². The van der Waals surface area contributed by atoms with Crippen molar-refractivity contribution in [2.45, 2.75) is 32.9 Å². The lowest BCUT2D eigenvalue weighted by Crippen LogP contribution is -2.47. The molecule has 0 saturated heterocycles. The molecule has 0 saturated carbocycles. The Bertz CT molecular complexity index is 417. The van der Waals surface area contributed by atoms with Gasteiger partial charge in [-0.05, 0) is 29.2 Å². The van der Waals surface area contributed by atoms with Gasteiger partial charge in [0.15, 0.2) is 0 Å². The molecule has 2 N–H and O–H groups in total. The second-order valence-electron chi connectivity index (χ2n) is 5.55. The van der Waals surface area contributed by atoms with Crippen LogP contribution in [0.4, 0.5) is 4.39 Å². The zero-order chi connectivity index (χ0) is 14.0. The number of halogens is 2. The number of hydrogen-bond acceptors (Lipinski definition) is 2. The summed E-state index contributed by atoms with van der Waals surface area (Å²) in [5.74, 6) is 0.693. The number of alkyl halides is 1. The smallest absolute Gasteiger partial charge is 0.132 e. The molecule has 1 aromatic carbocycles. The SMILES string of the molecule is COc1ccc(Br)cc1CC(F)(CN)C(C)(C)C. The van der Waals surface area contributed by atoms with E-state index < -0.39 is 11.1 Å². The van der Waals surface area contributed by atoms with Crippen molar-refractivity contribution in [3.8, 4) is 5.75 Å². The Morgan fingerprint density at radius 2 is 1.94 bits per heavy atom. The van der Waals surface area contributed by atoms with Gasteiger partial charge in [0.1, 0.15) is 11.4 Å². The molecule has 0 aliphatic heterocycles. The highest BCUT2D eigenvalue weighted by Crippen LogP contribution is 2.38. The van der Waals surface area contributed by atoms with E-state index in [0.29, 0.717) is 5.75 Å². The lowest BCUT2D eigenvalue weighted by atomic mass is 9.74. The van der Waals surface area contributed by atoms with Crippen molar-refractivity contribution >= 4 is 15.9 Å². The molecule has 4 heteroatoms. The van der Waals surface area contributed by atoms with Crippen molar-refractivity contribution in [1.29, 1.82) is 0 Å². The predicted molar refractivity (Wildman–Crippen MR) is 76.7 cm³/mol. The summed E-state index contributed by atoms with van der Waals surface area (Å²) in [6.45, 7) is 5.59. The third-order valence-electron chi connectivity index (χ3n) is 3.38. The summed E-state index contributed by atoms with van der Waals surface area (Å²) in [6, 6.07) is 5.59. The van der Waals surface area contributed by atoms with Gasteiger partial charge in [-0.1, -0.05) is 36.7 Å². The van der Waals surface area contributed by atoms with Crippen LogP contribution in [0.3, 0.4) is 0 Å². The molecule has 18 heavy (non-hydrogen) atoms. The fraction of sp³-hybridized carbons (Fsp3) is 0.571. The summed E-state index contributed by atoms with van der Waals surface area (Å²) in [5.41, 5.74) is 4.50. The minimum Gasteiger partial charge on any atom is -0.496 e. The molecule has 0 aromatic heterocycles. The molecule has 0 radical (unpaired) electrons. The molecule has 1 atom stereocenters. The van der Waals surface area contributed by atoms with Gasteiger partial charge in [0.2, 0.25) is 0 Å². The van der Waals surface area contributed by atoms with Crippen LogP contribution in [-0.2, 0) is 6.42 Å². The van der Waals surface area contributed by atoms with Gasteiger partial charge in [-0.15, -0.1) is 0 Å². The molecule has 0 heterocycles. The first kappa shape index (κ1) is 15.4. The van der Waals surface area contributed by atoms with E-state index in [2.05, 4.69) is 15.9 Å². The number of hydrogen-bond donors (Lipinski definition) is 1. The molecule has 0 bridgehead atoms. The second kappa shape index (κ2) is 5.57. The Balaban J connectivity index is 3.12. The Morgan fingerprint density at radius 3 is 2.39 bits per heavy atom. The highest BCUT2D eigenvalue weighted by molar-refractivity contribution is 9.10. The molecule has 0 amide bonds. The van der Waals surface area contributed by atoms with Gasteiger partial charge >= 0.3 is 0 Å². The Labute approximate surface area is 117 Å². The molecule has 0 fully saturated rings. The molecule has 0 spiro atoms. The molecule has 0 aliphatic rings. The normalized spacial score (nSPS) is 15.3. The number of benzene rings is 1. The average molecular weight is 318 g/mol. The zero-order valence-corrected chi connectivity index (χ0v) is 13.0. The van der Waals surface area contributed by atoms with Gasteiger partial charge in [-0.2, -0.15) is 0 Å². The van der Waals surface area contributed by atoms with E-state index in [4.69, 9.17) is 10.5 Å². The van der Waals surface area contributed by atoms with Crippen LogP contribution in [-0.4, -0.2) is 19.3 Å². The van der Waals surface area contributed by atoms with Crippen LogP contribution in [0.25, 0.3) is 0 Å². The fourth-order valence-electron chi connectivity index (χ4n) is 1.83. The third-order valence-corrected chi connectivity index (χ3v) is 3.87. The quantitative estimate of drug-likeness (QED) is 0.918. The van der Waals surface area contributed by atoms with Crippen molar-refractivity contribution in [3.63, 3.8) is 0 Å². The van der Waals surface area contributed by atoms with Crippen molar-refractivity contribution in [3.05, 3.63) is 28.2 Å². The maximum Gasteiger partial charge on any atom is 0.132 e. The summed E-state index contributed by atoms with van der Waals surface area (Å²) < 4.78 is 21.1. The van der Waals surface area contributed by atoms with Crippen LogP contribution in [0.15, 0.2) is 22.7 Å². The van der Waals surface area contributed by atoms with Crippen molar-refractivity contribution < 1.29 is 9.13 Å². The van der Waals surface area contributed by atoms with E-state index in [-0.39, 0.29) is 13.0 Å². The molecule has 2 nitrogen and oxygen atoms in total. The summed E-state index contributed by atoms with van der Waals surface area (Å²) in [5, 5.41) is 0. The Kier molecular flexibility index (Phi) is 4.78. The van der Waals surface area contributed by atoms with Crippen LogP contribution in [0.1, 0.15) is 26.3 Å². The minimum atomic E-state index is -1.46. The Morgan fingerprint density at radius 1 is 1.33 bits per heavy atom. The van der Waals surface area contributed by atoms with Crippen LogP contribution in [0.2, 0.25) is 0 Å². The van der Waals surface area contributed by atoms with Gasteiger partial charge in [0.05, 0.1) is 7.11 Å². The van der Waals surface area contributed by atoms with Gasteiger partial charge < -0.3 is 10.5 Å². The highest BCUT2D eigenvalue weighted by Gasteiger charge is 2.41. The monoisotopic (exact) mass is 317 g/mol. The lowest BCUT2D eigenvalue weighted by molar-refractivity contribution is 0.0377. The molecular formula is C14H21BrFNO. The van der Waals surface area contributed by atoms with Crippen LogP contribution in [0, 0.1) is 5.41 Å². The lowest BCUT2D eigenvalue weighted by Gasteiger charge is -2.37. The summed E-state index contributed by atoms with van der Waals surface area (Å²) in [4.78, 5) is 0. The van der Waals surface area contributed by atoms with Gasteiger partial charge in [0.25, 0.3) is 0 Å². The van der Waals surface area contributed by atoms with Crippen molar-refractivity contribution in [1.82, 2.24) is 0 Å². The van der Waals surface area contributed by atoms with Crippen molar-refractivity contribution in [2.24, 2.45) is 11.1 Å². The number of nitrogens with two attached hydrogens (primary N) is 1. The maximum absolute atomic E-state index is 15.0. The predicted octanol–water partition coefficient (Wildman–Crippen LogP) is 3.71. The molecule has 102 valence electrons. The molecular weight excluding hydrogens is 297 g/mol. The number of methoxy groups -OCH3 is 1. The van der Waals surface area contributed by atoms with Gasteiger partial charge in [-0.25, -0.2) is 4.39 Å². The number of ether oxygens (including phenoxy) is 1. The first-order valence-electron chi connectivity index (χ1n) is 5.95. The zero-order valence-electron chi connectivity index (χ0n) is 11.4. The second-order valence-corrected chi connectivity index (χ2v) is 6.47. The average Bonchev–Trinajstić information content (AvgIpc) is 2.27. The molecule has 1 unspecified atom stereocenters. The van der Waals surface area contributed by atoms with E-state index in [0.717, 1.165) is 10.0 Å².